The fraction of sp³-hybridized carbons (Fsp3) is 0.562. The summed E-state index contributed by atoms with van der Waals surface area (Å²) in [7, 11) is 0. The summed E-state index contributed by atoms with van der Waals surface area (Å²) in [6, 6.07) is 6.08. The van der Waals surface area contributed by atoms with Gasteiger partial charge in [0.1, 0.15) is 5.75 Å². The molecule has 0 bridgehead atoms. The molecule has 0 amide bonds. The van der Waals surface area contributed by atoms with Gasteiger partial charge in [-0.3, -0.25) is 4.79 Å². The number of rotatable bonds is 6. The normalized spacial score (nSPS) is 16.4. The lowest BCUT2D eigenvalue weighted by Gasteiger charge is -2.21. The molecule has 0 heterocycles. The highest BCUT2D eigenvalue weighted by Crippen LogP contribution is 2.47. The van der Waals surface area contributed by atoms with Gasteiger partial charge in [-0.1, -0.05) is 17.7 Å². The molecule has 1 N–H and O–H groups in total. The Labute approximate surface area is 114 Å². The minimum atomic E-state index is -0.728. The maximum Gasteiger partial charge on any atom is 0.303 e. The van der Waals surface area contributed by atoms with Gasteiger partial charge in [-0.05, 0) is 51.2 Å². The summed E-state index contributed by atoms with van der Waals surface area (Å²) in [6.45, 7) is 6.02. The lowest BCUT2D eigenvalue weighted by atomic mass is 9.89. The molecule has 0 aromatic heterocycles. The van der Waals surface area contributed by atoms with Gasteiger partial charge < -0.3 is 9.84 Å². The Hall–Kier alpha value is -1.51. The molecule has 1 aliphatic rings. The van der Waals surface area contributed by atoms with Gasteiger partial charge in [0, 0.05) is 5.92 Å². The third-order valence-electron chi connectivity index (χ3n) is 3.51. The third kappa shape index (κ3) is 3.72. The van der Waals surface area contributed by atoms with Crippen LogP contribution in [0.25, 0.3) is 0 Å². The number of ether oxygens (including phenoxy) is 1. The van der Waals surface area contributed by atoms with Gasteiger partial charge in [0.25, 0.3) is 0 Å². The molecule has 19 heavy (non-hydrogen) atoms. The van der Waals surface area contributed by atoms with E-state index in [1.54, 1.807) is 0 Å². The average Bonchev–Trinajstić information content (AvgIpc) is 3.11. The summed E-state index contributed by atoms with van der Waals surface area (Å²) in [5.74, 6) is 0.714. The monoisotopic (exact) mass is 262 g/mol. The van der Waals surface area contributed by atoms with Crippen LogP contribution in [-0.2, 0) is 4.79 Å². The first-order valence-corrected chi connectivity index (χ1v) is 6.96. The number of aliphatic carboxylic acids is 1. The third-order valence-corrected chi connectivity index (χ3v) is 3.51. The van der Waals surface area contributed by atoms with E-state index >= 15 is 0 Å². The summed E-state index contributed by atoms with van der Waals surface area (Å²) in [4.78, 5) is 11.1. The second-order valence-electron chi connectivity index (χ2n) is 5.75. The minimum Gasteiger partial charge on any atom is -0.491 e. The van der Waals surface area contributed by atoms with Gasteiger partial charge in [0.05, 0.1) is 12.5 Å². The Kier molecular flexibility index (Phi) is 4.13. The molecule has 0 saturated heterocycles. The van der Waals surface area contributed by atoms with Gasteiger partial charge in [-0.15, -0.1) is 0 Å². The smallest absolute Gasteiger partial charge is 0.303 e. The average molecular weight is 262 g/mol. The van der Waals surface area contributed by atoms with Crippen LogP contribution in [0.5, 0.6) is 5.75 Å². The molecule has 1 aromatic carbocycles. The van der Waals surface area contributed by atoms with Crippen LogP contribution < -0.4 is 4.74 Å². The van der Waals surface area contributed by atoms with Gasteiger partial charge in [-0.2, -0.15) is 0 Å². The lowest BCUT2D eigenvalue weighted by molar-refractivity contribution is -0.137. The second kappa shape index (κ2) is 5.64. The van der Waals surface area contributed by atoms with Gasteiger partial charge in [0.2, 0.25) is 0 Å². The van der Waals surface area contributed by atoms with Crippen molar-refractivity contribution in [2.75, 3.05) is 0 Å². The highest BCUT2D eigenvalue weighted by atomic mass is 16.5. The van der Waals surface area contributed by atoms with E-state index in [1.165, 1.54) is 0 Å². The first-order valence-electron chi connectivity index (χ1n) is 6.96. The molecule has 1 aromatic rings. The molecule has 1 unspecified atom stereocenters. The standard InChI is InChI=1S/C16H22O3/c1-10(2)19-15-7-4-11(3)8-14(15)13(9-16(17)18)12-5-6-12/h4,7-8,10,12-13H,5-6,9H2,1-3H3,(H,17,18). The molecular formula is C16H22O3. The van der Waals surface area contributed by atoms with Crippen LogP contribution in [0.3, 0.4) is 0 Å². The molecule has 104 valence electrons. The Morgan fingerprint density at radius 2 is 2.11 bits per heavy atom. The van der Waals surface area contributed by atoms with E-state index in [0.717, 1.165) is 29.7 Å². The van der Waals surface area contributed by atoms with E-state index in [4.69, 9.17) is 9.84 Å². The van der Waals surface area contributed by atoms with Crippen molar-refractivity contribution in [1.82, 2.24) is 0 Å². The number of hydrogen-bond donors (Lipinski definition) is 1. The van der Waals surface area contributed by atoms with Crippen LogP contribution in [0.15, 0.2) is 18.2 Å². The van der Waals surface area contributed by atoms with Crippen molar-refractivity contribution in [2.24, 2.45) is 5.92 Å². The van der Waals surface area contributed by atoms with Crippen LogP contribution in [0.1, 0.15) is 50.2 Å². The Morgan fingerprint density at radius 3 is 2.63 bits per heavy atom. The summed E-state index contributed by atoms with van der Waals surface area (Å²) in [5.41, 5.74) is 2.22. The molecule has 3 nitrogen and oxygen atoms in total. The Morgan fingerprint density at radius 1 is 1.42 bits per heavy atom. The number of carboxylic acid groups (broad SMARTS) is 1. The topological polar surface area (TPSA) is 46.5 Å². The number of benzene rings is 1. The molecule has 1 fully saturated rings. The van der Waals surface area contributed by atoms with E-state index in [-0.39, 0.29) is 18.4 Å². The molecular weight excluding hydrogens is 240 g/mol. The number of carboxylic acids is 1. The molecule has 0 radical (unpaired) electrons. The van der Waals surface area contributed by atoms with Crippen LogP contribution >= 0.6 is 0 Å². The van der Waals surface area contributed by atoms with Crippen LogP contribution in [0.2, 0.25) is 0 Å². The van der Waals surface area contributed by atoms with E-state index in [9.17, 15) is 4.79 Å². The molecule has 0 aliphatic heterocycles. The van der Waals surface area contributed by atoms with Gasteiger partial charge in [0.15, 0.2) is 0 Å². The van der Waals surface area contributed by atoms with Gasteiger partial charge in [-0.25, -0.2) is 0 Å². The van der Waals surface area contributed by atoms with Crippen molar-refractivity contribution in [1.29, 1.82) is 0 Å². The quantitative estimate of drug-likeness (QED) is 0.849. The van der Waals surface area contributed by atoms with E-state index in [2.05, 4.69) is 6.07 Å². The molecule has 0 spiro atoms. The number of aryl methyl sites for hydroxylation is 1. The fourth-order valence-electron chi connectivity index (χ4n) is 2.54. The fourth-order valence-corrected chi connectivity index (χ4v) is 2.54. The minimum absolute atomic E-state index is 0.0890. The highest BCUT2D eigenvalue weighted by Gasteiger charge is 2.35. The highest BCUT2D eigenvalue weighted by molar-refractivity contribution is 5.68. The zero-order valence-corrected chi connectivity index (χ0v) is 11.8. The zero-order valence-electron chi connectivity index (χ0n) is 11.8. The zero-order chi connectivity index (χ0) is 14.0. The van der Waals surface area contributed by atoms with Crippen LogP contribution in [0, 0.1) is 12.8 Å². The maximum atomic E-state index is 11.1. The van der Waals surface area contributed by atoms with Crippen molar-refractivity contribution >= 4 is 5.97 Å². The Bertz CT molecular complexity index is 461. The number of carbonyl (C=O) groups is 1. The molecule has 2 rings (SSSR count). The summed E-state index contributed by atoms with van der Waals surface area (Å²) < 4.78 is 5.85. The van der Waals surface area contributed by atoms with Crippen molar-refractivity contribution < 1.29 is 14.6 Å². The van der Waals surface area contributed by atoms with E-state index < -0.39 is 5.97 Å². The van der Waals surface area contributed by atoms with E-state index in [0.29, 0.717) is 5.92 Å². The van der Waals surface area contributed by atoms with Crippen molar-refractivity contribution in [3.05, 3.63) is 29.3 Å². The maximum absolute atomic E-state index is 11.1. The summed E-state index contributed by atoms with van der Waals surface area (Å²) in [6.07, 6.45) is 2.56. The largest absolute Gasteiger partial charge is 0.491 e. The van der Waals surface area contributed by atoms with Crippen LogP contribution in [0.4, 0.5) is 0 Å². The van der Waals surface area contributed by atoms with Crippen molar-refractivity contribution in [3.63, 3.8) is 0 Å². The van der Waals surface area contributed by atoms with Crippen molar-refractivity contribution in [2.45, 2.75) is 52.1 Å². The van der Waals surface area contributed by atoms with Crippen molar-refractivity contribution in [3.8, 4) is 5.75 Å². The predicted molar refractivity (Wildman–Crippen MR) is 74.7 cm³/mol. The molecule has 1 aliphatic carbocycles. The lowest BCUT2D eigenvalue weighted by Crippen LogP contribution is -2.13. The first-order chi connectivity index (χ1) is 8.97. The molecule has 3 heteroatoms. The Balaban J connectivity index is 2.32. The summed E-state index contributed by atoms with van der Waals surface area (Å²) in [5, 5.41) is 9.12. The van der Waals surface area contributed by atoms with Gasteiger partial charge >= 0.3 is 5.97 Å². The molecule has 1 saturated carbocycles. The number of hydrogen-bond acceptors (Lipinski definition) is 2. The molecule has 1 atom stereocenters. The van der Waals surface area contributed by atoms with Crippen LogP contribution in [-0.4, -0.2) is 17.2 Å². The first kappa shape index (κ1) is 13.9. The SMILES string of the molecule is Cc1ccc(OC(C)C)c(C(CC(=O)O)C2CC2)c1. The summed E-state index contributed by atoms with van der Waals surface area (Å²) >= 11 is 0. The predicted octanol–water partition coefficient (Wildman–Crippen LogP) is 3.75. The second-order valence-corrected chi connectivity index (χ2v) is 5.75. The van der Waals surface area contributed by atoms with E-state index in [1.807, 2.05) is 32.9 Å².